The number of ether oxygens (including phenoxy) is 1. The Balaban J connectivity index is 1.68. The van der Waals surface area contributed by atoms with Gasteiger partial charge in [0.05, 0.1) is 25.1 Å². The van der Waals surface area contributed by atoms with Crippen molar-refractivity contribution in [2.45, 2.75) is 37.3 Å². The van der Waals surface area contributed by atoms with Crippen molar-refractivity contribution < 1.29 is 27.4 Å². The highest BCUT2D eigenvalue weighted by molar-refractivity contribution is 7.89. The molecule has 1 amide bonds. The summed E-state index contributed by atoms with van der Waals surface area (Å²) in [6, 6.07) is 13.5. The van der Waals surface area contributed by atoms with Crippen molar-refractivity contribution in [2.24, 2.45) is 5.92 Å². The van der Waals surface area contributed by atoms with Crippen LogP contribution in [0.3, 0.4) is 0 Å². The van der Waals surface area contributed by atoms with Crippen molar-refractivity contribution in [1.29, 1.82) is 0 Å². The molecule has 0 saturated carbocycles. The Hall–Kier alpha value is -3.78. The number of hydrogen-bond acceptors (Lipinski definition) is 6. The maximum Gasteiger partial charge on any atom is 0.247 e. The molecule has 40 heavy (non-hydrogen) atoms. The molecule has 1 aliphatic heterocycles. The van der Waals surface area contributed by atoms with Gasteiger partial charge in [0, 0.05) is 43.5 Å². The summed E-state index contributed by atoms with van der Waals surface area (Å²) in [4.78, 5) is 18.5. The van der Waals surface area contributed by atoms with Crippen molar-refractivity contribution >= 4 is 15.9 Å². The number of rotatable bonds is 6. The van der Waals surface area contributed by atoms with E-state index in [-0.39, 0.29) is 54.2 Å². The summed E-state index contributed by atoms with van der Waals surface area (Å²) in [5, 5.41) is 9.84. The maximum atomic E-state index is 14.1. The Bertz CT molecular complexity index is 1520. The molecule has 0 saturated heterocycles. The second kappa shape index (κ2) is 12.6. The Morgan fingerprint density at radius 2 is 2.00 bits per heavy atom. The Morgan fingerprint density at radius 3 is 2.70 bits per heavy atom. The monoisotopic (exact) mass is 565 g/mol. The summed E-state index contributed by atoms with van der Waals surface area (Å²) in [5.74, 6) is 4.82. The fraction of sp³-hybridized carbons (Fsp3) is 0.333. The number of likely N-dealkylation sites (N-methyl/N-ethyl adjacent to an activating group) is 1. The number of aliphatic hydroxyl groups excluding tert-OH is 1. The number of fused-ring (bicyclic) bond motifs is 1. The van der Waals surface area contributed by atoms with Crippen LogP contribution in [0.1, 0.15) is 30.5 Å². The van der Waals surface area contributed by atoms with Gasteiger partial charge >= 0.3 is 0 Å². The number of benzene rings is 2. The molecular formula is C30H32FN3O5S. The van der Waals surface area contributed by atoms with Gasteiger partial charge in [-0.2, -0.15) is 4.31 Å². The third kappa shape index (κ3) is 6.67. The van der Waals surface area contributed by atoms with Crippen LogP contribution in [0, 0.1) is 23.6 Å². The molecular weight excluding hydrogens is 533 g/mol. The molecule has 3 atom stereocenters. The minimum Gasteiger partial charge on any atom is -0.487 e. The molecule has 1 aromatic heterocycles. The number of pyridine rings is 1. The van der Waals surface area contributed by atoms with Crippen LogP contribution in [0.25, 0.3) is 0 Å². The first-order chi connectivity index (χ1) is 19.1. The van der Waals surface area contributed by atoms with Crippen molar-refractivity contribution in [1.82, 2.24) is 14.2 Å². The molecule has 2 aromatic carbocycles. The Labute approximate surface area is 234 Å². The molecule has 2 heterocycles. The second-order valence-electron chi connectivity index (χ2n) is 9.94. The Morgan fingerprint density at radius 1 is 1.23 bits per heavy atom. The molecule has 0 fully saturated rings. The first kappa shape index (κ1) is 29.2. The van der Waals surface area contributed by atoms with E-state index in [9.17, 15) is 22.7 Å². The number of carbonyl (C=O) groups excluding carboxylic acids is 1. The predicted molar refractivity (Wildman–Crippen MR) is 148 cm³/mol. The van der Waals surface area contributed by atoms with Gasteiger partial charge in [-0.05, 0) is 48.9 Å². The minimum absolute atomic E-state index is 0.0644. The topological polar surface area (TPSA) is 100 Å². The van der Waals surface area contributed by atoms with E-state index in [1.54, 1.807) is 61.6 Å². The average Bonchev–Trinajstić information content (AvgIpc) is 2.94. The molecule has 0 spiro atoms. The van der Waals surface area contributed by atoms with E-state index in [0.717, 1.165) is 5.56 Å². The highest BCUT2D eigenvalue weighted by atomic mass is 32.2. The lowest BCUT2D eigenvalue weighted by Crippen LogP contribution is -2.50. The van der Waals surface area contributed by atoms with E-state index < -0.39 is 28.0 Å². The van der Waals surface area contributed by atoms with Gasteiger partial charge in [-0.1, -0.05) is 37.0 Å². The highest BCUT2D eigenvalue weighted by Crippen LogP contribution is 2.34. The molecule has 0 unspecified atom stereocenters. The minimum atomic E-state index is -4.03. The van der Waals surface area contributed by atoms with Gasteiger partial charge in [0.25, 0.3) is 0 Å². The van der Waals surface area contributed by atoms with Crippen LogP contribution in [0.4, 0.5) is 4.39 Å². The molecule has 4 rings (SSSR count). The number of carbonyl (C=O) groups is 1. The standard InChI is InChI=1S/C30H32FN3O5S/c1-21-18-34(22(2)20-35)40(37,38)29-13-11-23(10-12-25-8-4-5-9-26(25)31)15-27(29)39-28(21)19-33(3)30(36)16-24-7-6-14-32-17-24/h4-9,11,13-15,17,21-22,28,35H,16,18-20H2,1-3H3/t21-,22+,28+/m0/s1. The highest BCUT2D eigenvalue weighted by Gasteiger charge is 2.38. The summed E-state index contributed by atoms with van der Waals surface area (Å²) in [6.45, 7) is 3.42. The normalized spacial score (nSPS) is 19.1. The summed E-state index contributed by atoms with van der Waals surface area (Å²) in [5.41, 5.74) is 1.43. The summed E-state index contributed by atoms with van der Waals surface area (Å²) in [6.07, 6.45) is 2.88. The Kier molecular flexibility index (Phi) is 9.20. The number of nitrogens with zero attached hydrogens (tertiary/aromatic N) is 3. The van der Waals surface area contributed by atoms with Crippen molar-refractivity contribution in [2.75, 3.05) is 26.7 Å². The molecule has 8 nitrogen and oxygen atoms in total. The van der Waals surface area contributed by atoms with Gasteiger partial charge in [0.1, 0.15) is 22.6 Å². The average molecular weight is 566 g/mol. The van der Waals surface area contributed by atoms with Crippen molar-refractivity contribution in [3.8, 4) is 17.6 Å². The number of aromatic nitrogens is 1. The van der Waals surface area contributed by atoms with Crippen LogP contribution >= 0.6 is 0 Å². The molecule has 1 aliphatic rings. The molecule has 1 N–H and O–H groups in total. The lowest BCUT2D eigenvalue weighted by Gasteiger charge is -2.37. The zero-order chi connectivity index (χ0) is 28.9. The SMILES string of the molecule is C[C@H](CO)N1C[C@H](C)[C@@H](CN(C)C(=O)Cc2cccnc2)Oc2cc(C#Cc3ccccc3F)ccc2S1(=O)=O. The smallest absolute Gasteiger partial charge is 0.247 e. The number of halogens is 1. The fourth-order valence-corrected chi connectivity index (χ4v) is 6.23. The van der Waals surface area contributed by atoms with Gasteiger partial charge in [-0.15, -0.1) is 0 Å². The fourth-order valence-electron chi connectivity index (χ4n) is 4.41. The van der Waals surface area contributed by atoms with Crippen molar-refractivity contribution in [3.63, 3.8) is 0 Å². The van der Waals surface area contributed by atoms with Gasteiger partial charge < -0.3 is 14.7 Å². The molecule has 0 bridgehead atoms. The lowest BCUT2D eigenvalue weighted by atomic mass is 10.0. The summed E-state index contributed by atoms with van der Waals surface area (Å²) >= 11 is 0. The zero-order valence-electron chi connectivity index (χ0n) is 22.6. The van der Waals surface area contributed by atoms with E-state index >= 15 is 0 Å². The van der Waals surface area contributed by atoms with Gasteiger partial charge in [-0.3, -0.25) is 9.78 Å². The first-order valence-electron chi connectivity index (χ1n) is 12.9. The van der Waals surface area contributed by atoms with E-state index in [0.29, 0.717) is 5.56 Å². The molecule has 0 aliphatic carbocycles. The number of aliphatic hydroxyl groups is 1. The van der Waals surface area contributed by atoms with Crippen LogP contribution in [0.15, 0.2) is 71.9 Å². The summed E-state index contributed by atoms with van der Waals surface area (Å²) < 4.78 is 49.0. The third-order valence-electron chi connectivity index (χ3n) is 6.84. The summed E-state index contributed by atoms with van der Waals surface area (Å²) in [7, 11) is -2.36. The van der Waals surface area contributed by atoms with E-state index in [2.05, 4.69) is 16.8 Å². The van der Waals surface area contributed by atoms with Crippen LogP contribution in [-0.4, -0.2) is 72.5 Å². The number of hydrogen-bond donors (Lipinski definition) is 1. The van der Waals surface area contributed by atoms with Crippen LogP contribution in [-0.2, 0) is 21.2 Å². The second-order valence-corrected chi connectivity index (χ2v) is 11.8. The predicted octanol–water partition coefficient (Wildman–Crippen LogP) is 3.09. The quantitative estimate of drug-likeness (QED) is 0.461. The molecule has 3 aromatic rings. The van der Waals surface area contributed by atoms with E-state index in [1.807, 2.05) is 13.0 Å². The van der Waals surface area contributed by atoms with Crippen LogP contribution < -0.4 is 4.74 Å². The molecule has 210 valence electrons. The molecule has 10 heteroatoms. The maximum absolute atomic E-state index is 14.1. The van der Waals surface area contributed by atoms with E-state index in [1.165, 1.54) is 22.5 Å². The largest absolute Gasteiger partial charge is 0.487 e. The van der Waals surface area contributed by atoms with Gasteiger partial charge in [0.2, 0.25) is 15.9 Å². The number of sulfonamides is 1. The molecule has 0 radical (unpaired) electrons. The third-order valence-corrected chi connectivity index (χ3v) is 8.86. The van der Waals surface area contributed by atoms with Crippen molar-refractivity contribution in [3.05, 3.63) is 89.5 Å². The zero-order valence-corrected chi connectivity index (χ0v) is 23.4. The van der Waals surface area contributed by atoms with Crippen LogP contribution in [0.2, 0.25) is 0 Å². The van der Waals surface area contributed by atoms with Gasteiger partial charge in [0.15, 0.2) is 0 Å². The number of amides is 1. The first-order valence-corrected chi connectivity index (χ1v) is 14.4. The van der Waals surface area contributed by atoms with E-state index in [4.69, 9.17) is 4.74 Å². The van der Waals surface area contributed by atoms with Gasteiger partial charge in [-0.25, -0.2) is 12.8 Å². The lowest BCUT2D eigenvalue weighted by molar-refractivity contribution is -0.130. The van der Waals surface area contributed by atoms with Crippen LogP contribution in [0.5, 0.6) is 5.75 Å².